The van der Waals surface area contributed by atoms with Crippen LogP contribution in [0.3, 0.4) is 0 Å². The smallest absolute Gasteiger partial charge is 0.246 e. The van der Waals surface area contributed by atoms with Gasteiger partial charge in [0.05, 0.1) is 33.5 Å². The maximum Gasteiger partial charge on any atom is 0.246 e. The zero-order valence-corrected chi connectivity index (χ0v) is 43.9. The van der Waals surface area contributed by atoms with E-state index in [1.54, 1.807) is 12.7 Å². The van der Waals surface area contributed by atoms with Gasteiger partial charge in [-0.15, -0.1) is 11.6 Å². The first-order valence-electron chi connectivity index (χ1n) is 24.9. The third-order valence-corrected chi connectivity index (χ3v) is 15.1. The highest BCUT2D eigenvalue weighted by Gasteiger charge is 2.34. The summed E-state index contributed by atoms with van der Waals surface area (Å²) in [5.41, 5.74) is 17.2. The van der Waals surface area contributed by atoms with Crippen LogP contribution in [0.15, 0.2) is 62.0 Å². The Hall–Kier alpha value is -6.81. The van der Waals surface area contributed by atoms with Gasteiger partial charge < -0.3 is 29.6 Å². The van der Waals surface area contributed by atoms with E-state index in [4.69, 9.17) is 21.6 Å². The summed E-state index contributed by atoms with van der Waals surface area (Å²) >= 11 is 5.83. The van der Waals surface area contributed by atoms with Gasteiger partial charge in [-0.1, -0.05) is 34.3 Å². The van der Waals surface area contributed by atoms with Crippen molar-refractivity contribution in [1.82, 2.24) is 58.9 Å². The summed E-state index contributed by atoms with van der Waals surface area (Å²) in [4.78, 5) is 59.8. The van der Waals surface area contributed by atoms with E-state index >= 15 is 0 Å². The Bertz CT molecular complexity index is 3330. The number of halogens is 1. The predicted octanol–water partition coefficient (Wildman–Crippen LogP) is 9.69. The summed E-state index contributed by atoms with van der Waals surface area (Å²) in [6, 6.07) is 8.92. The summed E-state index contributed by atoms with van der Waals surface area (Å²) in [6.07, 6.45) is 9.09. The van der Waals surface area contributed by atoms with Crippen molar-refractivity contribution in [2.75, 3.05) is 41.9 Å². The van der Waals surface area contributed by atoms with Crippen LogP contribution in [-0.4, -0.2) is 127 Å². The second kappa shape index (κ2) is 19.4. The molecule has 10 heterocycles. The second-order valence-corrected chi connectivity index (χ2v) is 20.7. The third kappa shape index (κ3) is 8.78. The number of alkyl halides is 1. The van der Waals surface area contributed by atoms with Gasteiger partial charge in [-0.3, -0.25) is 9.59 Å². The molecular weight excluding hydrogens is 912 g/mol. The maximum absolute atomic E-state index is 12.5. The molecule has 0 radical (unpaired) electrons. The summed E-state index contributed by atoms with van der Waals surface area (Å²) in [7, 11) is 0. The Kier molecular flexibility index (Phi) is 13.5. The molecule has 8 aromatic rings. The molecule has 0 aromatic carbocycles. The normalized spacial score (nSPS) is 18.7. The molecule has 2 aliphatic rings. The first-order valence-corrected chi connectivity index (χ1v) is 25.4. The number of aromatic amines is 2. The molecule has 2 fully saturated rings. The van der Waals surface area contributed by atoms with Gasteiger partial charge >= 0.3 is 0 Å². The van der Waals surface area contributed by atoms with Crippen molar-refractivity contribution < 1.29 is 9.59 Å². The Labute approximate surface area is 420 Å². The highest BCUT2D eigenvalue weighted by Crippen LogP contribution is 2.40. The van der Waals surface area contributed by atoms with Crippen LogP contribution in [0.25, 0.3) is 55.9 Å². The molecule has 2 N–H and O–H groups in total. The molecule has 0 unspecified atom stereocenters. The summed E-state index contributed by atoms with van der Waals surface area (Å²) in [5.74, 6) is 2.89. The Balaban J connectivity index is 0.000000176. The van der Waals surface area contributed by atoms with E-state index in [0.29, 0.717) is 25.4 Å². The number of piperazine rings is 2. The minimum Gasteiger partial charge on any atom is -0.353 e. The second-order valence-electron chi connectivity index (χ2n) is 20.3. The van der Waals surface area contributed by atoms with E-state index in [1.165, 1.54) is 28.3 Å². The van der Waals surface area contributed by atoms with Crippen LogP contribution in [0.5, 0.6) is 0 Å². The number of aryl methyl sites for hydroxylation is 2. The van der Waals surface area contributed by atoms with Gasteiger partial charge in [0.15, 0.2) is 11.3 Å². The number of rotatable bonds is 9. The lowest BCUT2D eigenvalue weighted by Crippen LogP contribution is -2.58. The lowest BCUT2D eigenvalue weighted by Gasteiger charge is -2.44. The predicted molar refractivity (Wildman–Crippen MR) is 285 cm³/mol. The molecular formula is C54H67ClN14O2. The van der Waals surface area contributed by atoms with Gasteiger partial charge in [-0.2, -0.15) is 10.2 Å². The number of nitrogens with zero attached hydrogens (tertiary/aromatic N) is 12. The number of pyridine rings is 4. The minimum atomic E-state index is -0.0141. The van der Waals surface area contributed by atoms with Gasteiger partial charge in [-0.25, -0.2) is 29.0 Å². The van der Waals surface area contributed by atoms with E-state index in [2.05, 4.69) is 166 Å². The minimum absolute atomic E-state index is 0.0141. The first-order chi connectivity index (χ1) is 33.9. The molecule has 4 atom stereocenters. The molecule has 71 heavy (non-hydrogen) atoms. The zero-order valence-electron chi connectivity index (χ0n) is 43.2. The van der Waals surface area contributed by atoms with Gasteiger partial charge in [0.25, 0.3) is 0 Å². The third-order valence-electron chi connectivity index (χ3n) is 14.9. The van der Waals surface area contributed by atoms with Crippen LogP contribution in [0.2, 0.25) is 0 Å². The SMILES string of the molecule is C=CC(=O)N1C[C@H](C)N(c2ccc3[nH]c(-c4cn5ncnc5c(C)c4C)c(C(C)C)c3n2)C[C@H]1C.Cc1c(-c2[nH]c3ccc(N4C[C@@H](C)N(C(=O)CCCl)C[C@@H]4C)nc3c2C(C)C)cn2ncnc2c1C. The van der Waals surface area contributed by atoms with Crippen molar-refractivity contribution in [1.29, 1.82) is 0 Å². The van der Waals surface area contributed by atoms with Crippen molar-refractivity contribution in [3.8, 4) is 22.5 Å². The van der Waals surface area contributed by atoms with Crippen molar-refractivity contribution in [3.05, 3.63) is 95.3 Å². The number of anilines is 2. The summed E-state index contributed by atoms with van der Waals surface area (Å²) < 4.78 is 3.69. The fourth-order valence-corrected chi connectivity index (χ4v) is 11.0. The molecule has 10 rings (SSSR count). The van der Waals surface area contributed by atoms with E-state index in [0.717, 1.165) is 91.7 Å². The van der Waals surface area contributed by atoms with Crippen molar-refractivity contribution in [2.24, 2.45) is 0 Å². The van der Waals surface area contributed by atoms with E-state index in [-0.39, 0.29) is 47.8 Å². The molecule has 0 bridgehead atoms. The molecule has 17 heteroatoms. The fourth-order valence-electron chi connectivity index (χ4n) is 10.8. The van der Waals surface area contributed by atoms with Gasteiger partial charge in [0.2, 0.25) is 11.8 Å². The quantitative estimate of drug-likeness (QED) is 0.105. The summed E-state index contributed by atoms with van der Waals surface area (Å²) in [6.45, 7) is 32.2. The average Bonchev–Trinajstić information content (AvgIpc) is 4.17. The lowest BCUT2D eigenvalue weighted by atomic mass is 9.95. The van der Waals surface area contributed by atoms with E-state index < -0.39 is 0 Å². The van der Waals surface area contributed by atoms with Gasteiger partial charge in [0, 0.05) is 97.3 Å². The van der Waals surface area contributed by atoms with E-state index in [9.17, 15) is 9.59 Å². The number of hydrogen-bond donors (Lipinski definition) is 2. The number of aromatic nitrogens is 10. The van der Waals surface area contributed by atoms with Crippen LogP contribution >= 0.6 is 11.6 Å². The molecule has 16 nitrogen and oxygen atoms in total. The number of hydrogen-bond acceptors (Lipinski definition) is 10. The monoisotopic (exact) mass is 979 g/mol. The highest BCUT2D eigenvalue weighted by molar-refractivity contribution is 6.18. The van der Waals surface area contributed by atoms with Crippen LogP contribution in [0.1, 0.15) is 107 Å². The molecule has 0 saturated carbocycles. The van der Waals surface area contributed by atoms with Crippen molar-refractivity contribution >= 4 is 68.4 Å². The van der Waals surface area contributed by atoms with Crippen molar-refractivity contribution in [2.45, 2.75) is 126 Å². The molecule has 0 spiro atoms. The fraction of sp³-hybridized carbons (Fsp3) is 0.444. The Morgan fingerprint density at radius 1 is 0.662 bits per heavy atom. The standard InChI is InChI=1S/C27H34ClN7O.C27H33N7O/c1-15(2)24-25(20-13-35-27(29-14-30-35)19(6)18(20)5)31-21-7-8-22(32-26(21)24)33-11-17(4)34(12-16(33)3)23(36)9-10-28;1-8-23(35)33-12-16(4)32(11-17(33)5)22-10-9-21-26(31-22)24(15(2)3)25(30-21)20-13-34-27(28-14-29-34)19(7)18(20)6/h7-8,13-17,31H,9-12H2,1-6H3;8-10,13-17,30H,1,11-12H2,2-7H3/t2*16-,17+/m00/s1. The molecule has 8 aromatic heterocycles. The number of H-pyrrole nitrogens is 2. The van der Waals surface area contributed by atoms with Crippen LogP contribution in [-0.2, 0) is 9.59 Å². The summed E-state index contributed by atoms with van der Waals surface area (Å²) in [5, 5.41) is 8.78. The van der Waals surface area contributed by atoms with Crippen molar-refractivity contribution in [3.63, 3.8) is 0 Å². The van der Waals surface area contributed by atoms with Gasteiger partial charge in [-0.05, 0) is 120 Å². The average molecular weight is 980 g/mol. The molecule has 372 valence electrons. The first kappa shape index (κ1) is 49.2. The Morgan fingerprint density at radius 2 is 1.10 bits per heavy atom. The number of carbonyl (C=O) groups is 2. The Morgan fingerprint density at radius 3 is 1.52 bits per heavy atom. The van der Waals surface area contributed by atoms with Crippen LogP contribution < -0.4 is 9.80 Å². The maximum atomic E-state index is 12.5. The topological polar surface area (TPSA) is 165 Å². The number of fused-ring (bicyclic) bond motifs is 4. The highest BCUT2D eigenvalue weighted by atomic mass is 35.5. The van der Waals surface area contributed by atoms with Crippen LogP contribution in [0.4, 0.5) is 11.6 Å². The molecule has 0 aliphatic carbocycles. The van der Waals surface area contributed by atoms with E-state index in [1.807, 2.05) is 18.8 Å². The number of nitrogens with one attached hydrogen (secondary N) is 2. The lowest BCUT2D eigenvalue weighted by molar-refractivity contribution is -0.133. The number of carbonyl (C=O) groups excluding carboxylic acids is 2. The molecule has 2 saturated heterocycles. The largest absolute Gasteiger partial charge is 0.353 e. The number of amides is 2. The van der Waals surface area contributed by atoms with Gasteiger partial charge in [0.1, 0.15) is 24.3 Å². The van der Waals surface area contributed by atoms with Crippen LogP contribution in [0, 0.1) is 27.7 Å². The molecule has 2 amide bonds. The molecule has 2 aliphatic heterocycles. The zero-order chi connectivity index (χ0) is 50.7.